The van der Waals surface area contributed by atoms with E-state index in [1.54, 1.807) is 20.8 Å². The van der Waals surface area contributed by atoms with Crippen molar-refractivity contribution < 1.29 is 33.4 Å². The first-order chi connectivity index (χ1) is 12.0. The number of rotatable bonds is 9. The average Bonchev–Trinajstić information content (AvgIpc) is 2.51. The van der Waals surface area contributed by atoms with Gasteiger partial charge in [0.05, 0.1) is 13.1 Å². The van der Waals surface area contributed by atoms with Crippen molar-refractivity contribution in [1.82, 2.24) is 21.3 Å². The number of carbonyl (C=O) groups excluding carboxylic acids is 5. The predicted molar refractivity (Wildman–Crippen MR) is 88.8 cm³/mol. The van der Waals surface area contributed by atoms with Crippen LogP contribution in [0.5, 0.6) is 0 Å². The first kappa shape index (κ1) is 22.9. The van der Waals surface area contributed by atoms with Crippen LogP contribution in [0.1, 0.15) is 20.8 Å². The minimum atomic E-state index is -1.11. The zero-order valence-corrected chi connectivity index (χ0v) is 15.0. The van der Waals surface area contributed by atoms with E-state index >= 15 is 0 Å². The van der Waals surface area contributed by atoms with Crippen LogP contribution in [0.25, 0.3) is 0 Å². The number of nitrogens with one attached hydrogen (secondary N) is 4. The lowest BCUT2D eigenvalue weighted by Gasteiger charge is -2.19. The molecule has 0 radical (unpaired) electrons. The maximum Gasteiger partial charge on any atom is 0.407 e. The zero-order valence-electron chi connectivity index (χ0n) is 15.0. The topological polar surface area (TPSA) is 178 Å². The fourth-order valence-corrected chi connectivity index (χ4v) is 1.35. The fourth-order valence-electron chi connectivity index (χ4n) is 1.35. The summed E-state index contributed by atoms with van der Waals surface area (Å²) in [6, 6.07) is 0. The van der Waals surface area contributed by atoms with Gasteiger partial charge in [0.2, 0.25) is 11.8 Å². The Kier molecular flexibility index (Phi) is 10.1. The molecule has 0 aliphatic heterocycles. The minimum Gasteiger partial charge on any atom is -0.444 e. The van der Waals surface area contributed by atoms with Gasteiger partial charge in [-0.1, -0.05) is 0 Å². The Labute approximate surface area is 150 Å². The molecule has 0 spiro atoms. The summed E-state index contributed by atoms with van der Waals surface area (Å²) < 4.78 is 9.24. The molecule has 12 heteroatoms. The molecular formula is C14H25N5O7. The molecule has 12 nitrogen and oxygen atoms in total. The van der Waals surface area contributed by atoms with E-state index < -0.39 is 48.7 Å². The van der Waals surface area contributed by atoms with Gasteiger partial charge < -0.3 is 36.5 Å². The predicted octanol–water partition coefficient (Wildman–Crippen LogP) is -2.04. The molecule has 0 aliphatic carbocycles. The summed E-state index contributed by atoms with van der Waals surface area (Å²) in [5.74, 6) is -1.80. The van der Waals surface area contributed by atoms with E-state index in [4.69, 9.17) is 4.74 Å². The molecular weight excluding hydrogens is 350 g/mol. The Balaban J connectivity index is 3.75. The third kappa shape index (κ3) is 14.5. The highest BCUT2D eigenvalue weighted by Gasteiger charge is 2.15. The van der Waals surface area contributed by atoms with Gasteiger partial charge in [0.25, 0.3) is 5.91 Å². The molecule has 148 valence electrons. The molecule has 0 saturated carbocycles. The van der Waals surface area contributed by atoms with Gasteiger partial charge >= 0.3 is 12.2 Å². The lowest BCUT2D eigenvalue weighted by Crippen LogP contribution is -2.44. The summed E-state index contributed by atoms with van der Waals surface area (Å²) in [5, 5.41) is 9.37. The van der Waals surface area contributed by atoms with Crippen LogP contribution in [0.2, 0.25) is 0 Å². The van der Waals surface area contributed by atoms with Crippen LogP contribution >= 0.6 is 0 Å². The molecule has 0 saturated heterocycles. The third-order valence-electron chi connectivity index (χ3n) is 2.35. The van der Waals surface area contributed by atoms with E-state index in [9.17, 15) is 24.0 Å². The van der Waals surface area contributed by atoms with Gasteiger partial charge in [-0.2, -0.15) is 0 Å². The van der Waals surface area contributed by atoms with Crippen molar-refractivity contribution in [3.8, 4) is 0 Å². The molecule has 0 atom stereocenters. The zero-order chi connectivity index (χ0) is 20.2. The average molecular weight is 375 g/mol. The van der Waals surface area contributed by atoms with Crippen molar-refractivity contribution >= 4 is 29.9 Å². The molecule has 0 rings (SSSR count). The highest BCUT2D eigenvalue weighted by Crippen LogP contribution is 2.05. The van der Waals surface area contributed by atoms with Crippen LogP contribution < -0.4 is 27.0 Å². The molecule has 0 aromatic heterocycles. The molecule has 0 bridgehead atoms. The lowest BCUT2D eigenvalue weighted by molar-refractivity contribution is -0.128. The second kappa shape index (κ2) is 11.5. The summed E-state index contributed by atoms with van der Waals surface area (Å²) >= 11 is 0. The minimum absolute atomic E-state index is 0.148. The first-order valence-electron chi connectivity index (χ1n) is 7.69. The number of ether oxygens (including phenoxy) is 2. The molecule has 6 N–H and O–H groups in total. The number of carbonyl (C=O) groups is 5. The molecule has 0 unspecified atom stereocenters. The summed E-state index contributed by atoms with van der Waals surface area (Å²) in [5.41, 5.74) is 4.06. The van der Waals surface area contributed by atoms with Gasteiger partial charge in [-0.15, -0.1) is 0 Å². The largest absolute Gasteiger partial charge is 0.444 e. The van der Waals surface area contributed by atoms with Crippen molar-refractivity contribution in [2.75, 3.05) is 32.8 Å². The first-order valence-corrected chi connectivity index (χ1v) is 7.69. The quantitative estimate of drug-likeness (QED) is 0.288. The SMILES string of the molecule is CC(C)(C)OC(=O)NCCNC(=O)CNC(=O)CNC(=O)COC(N)=O. The third-order valence-corrected chi connectivity index (χ3v) is 2.35. The summed E-state index contributed by atoms with van der Waals surface area (Å²) in [4.78, 5) is 55.7. The van der Waals surface area contributed by atoms with E-state index in [2.05, 4.69) is 31.7 Å². The van der Waals surface area contributed by atoms with Crippen LogP contribution in [0.3, 0.4) is 0 Å². The Morgan fingerprint density at radius 3 is 1.85 bits per heavy atom. The van der Waals surface area contributed by atoms with Gasteiger partial charge in [0, 0.05) is 13.1 Å². The monoisotopic (exact) mass is 375 g/mol. The van der Waals surface area contributed by atoms with Gasteiger partial charge in [-0.3, -0.25) is 14.4 Å². The van der Waals surface area contributed by atoms with Crippen molar-refractivity contribution in [3.63, 3.8) is 0 Å². The van der Waals surface area contributed by atoms with Gasteiger partial charge in [-0.25, -0.2) is 9.59 Å². The van der Waals surface area contributed by atoms with E-state index in [1.807, 2.05) is 0 Å². The van der Waals surface area contributed by atoms with Crippen LogP contribution in [0.4, 0.5) is 9.59 Å². The summed E-state index contributed by atoms with van der Waals surface area (Å²) in [7, 11) is 0. The van der Waals surface area contributed by atoms with E-state index in [0.29, 0.717) is 0 Å². The highest BCUT2D eigenvalue weighted by atomic mass is 16.6. The normalized spacial score (nSPS) is 10.3. The van der Waals surface area contributed by atoms with Crippen molar-refractivity contribution in [2.45, 2.75) is 26.4 Å². The van der Waals surface area contributed by atoms with Crippen LogP contribution in [0.15, 0.2) is 0 Å². The second-order valence-corrected chi connectivity index (χ2v) is 5.94. The Morgan fingerprint density at radius 2 is 1.31 bits per heavy atom. The number of amides is 5. The molecule has 5 amide bonds. The lowest BCUT2D eigenvalue weighted by atomic mass is 10.2. The molecule has 0 aromatic rings. The van der Waals surface area contributed by atoms with Crippen molar-refractivity contribution in [3.05, 3.63) is 0 Å². The van der Waals surface area contributed by atoms with Gasteiger partial charge in [0.1, 0.15) is 5.60 Å². The van der Waals surface area contributed by atoms with Gasteiger partial charge in [0.15, 0.2) is 6.61 Å². The number of primary amides is 1. The van der Waals surface area contributed by atoms with E-state index in [-0.39, 0.29) is 19.6 Å². The summed E-state index contributed by atoms with van der Waals surface area (Å²) in [6.45, 7) is 4.18. The maximum absolute atomic E-state index is 11.5. The number of hydrogen-bond acceptors (Lipinski definition) is 7. The van der Waals surface area contributed by atoms with E-state index in [0.717, 1.165) is 0 Å². The van der Waals surface area contributed by atoms with Gasteiger partial charge in [-0.05, 0) is 20.8 Å². The smallest absolute Gasteiger partial charge is 0.407 e. The second-order valence-electron chi connectivity index (χ2n) is 5.94. The molecule has 0 aliphatic rings. The van der Waals surface area contributed by atoms with Crippen molar-refractivity contribution in [2.24, 2.45) is 5.73 Å². The molecule has 26 heavy (non-hydrogen) atoms. The number of nitrogens with two attached hydrogens (primary N) is 1. The molecule has 0 fully saturated rings. The Hall–Kier alpha value is -3.05. The van der Waals surface area contributed by atoms with E-state index in [1.165, 1.54) is 0 Å². The molecule has 0 heterocycles. The maximum atomic E-state index is 11.5. The number of hydrogen-bond donors (Lipinski definition) is 5. The Bertz CT molecular complexity index is 530. The fraction of sp³-hybridized carbons (Fsp3) is 0.643. The number of alkyl carbamates (subject to hydrolysis) is 1. The highest BCUT2D eigenvalue weighted by molar-refractivity contribution is 5.88. The van der Waals surface area contributed by atoms with Crippen molar-refractivity contribution in [1.29, 1.82) is 0 Å². The standard InChI is InChI=1S/C14H25N5O7/c1-14(2,3)26-13(24)17-5-4-16-9(20)6-18-10(21)7-19-11(22)8-25-12(15)23/h4-8H2,1-3H3,(H2,15,23)(H,16,20)(H,17,24)(H,18,21)(H,19,22). The molecule has 0 aromatic carbocycles. The Morgan fingerprint density at radius 1 is 0.808 bits per heavy atom. The van der Waals surface area contributed by atoms with Crippen LogP contribution in [-0.4, -0.2) is 68.3 Å². The summed E-state index contributed by atoms with van der Waals surface area (Å²) in [6.07, 6.45) is -1.71. The van der Waals surface area contributed by atoms with Crippen LogP contribution in [-0.2, 0) is 23.9 Å². The van der Waals surface area contributed by atoms with Crippen LogP contribution in [0, 0.1) is 0 Å².